The fourth-order valence-electron chi connectivity index (χ4n) is 2.62. The van der Waals surface area contributed by atoms with Crippen LogP contribution in [0.15, 0.2) is 12.5 Å². The van der Waals surface area contributed by atoms with Gasteiger partial charge in [0.15, 0.2) is 0 Å². The van der Waals surface area contributed by atoms with Crippen molar-refractivity contribution in [3.63, 3.8) is 0 Å². The van der Waals surface area contributed by atoms with Crippen LogP contribution in [0.25, 0.3) is 0 Å². The molecule has 0 radical (unpaired) electrons. The van der Waals surface area contributed by atoms with E-state index in [0.717, 1.165) is 12.5 Å². The van der Waals surface area contributed by atoms with Crippen molar-refractivity contribution in [2.24, 2.45) is 11.7 Å². The molecule has 2 fully saturated rings. The quantitative estimate of drug-likeness (QED) is 0.692. The number of hydrogen-bond donors (Lipinski definition) is 2. The number of rotatable bonds is 8. The fourth-order valence-corrected chi connectivity index (χ4v) is 2.62. The van der Waals surface area contributed by atoms with E-state index < -0.39 is 0 Å². The van der Waals surface area contributed by atoms with Crippen molar-refractivity contribution in [2.75, 3.05) is 13.1 Å². The Balaban J connectivity index is 1.51. The molecule has 100 valence electrons. The lowest BCUT2D eigenvalue weighted by atomic mass is 10.2. The van der Waals surface area contributed by atoms with E-state index in [0.29, 0.717) is 12.6 Å². The highest BCUT2D eigenvalue weighted by atomic mass is 15.1. The van der Waals surface area contributed by atoms with Crippen molar-refractivity contribution in [2.45, 2.75) is 50.6 Å². The fraction of sp³-hybridized carbons (Fsp3) is 0.786. The summed E-state index contributed by atoms with van der Waals surface area (Å²) in [5.41, 5.74) is 7.17. The van der Waals surface area contributed by atoms with Gasteiger partial charge in [0, 0.05) is 18.8 Å². The van der Waals surface area contributed by atoms with E-state index >= 15 is 0 Å². The molecule has 1 aromatic rings. The lowest BCUT2D eigenvalue weighted by Crippen LogP contribution is -2.30. The van der Waals surface area contributed by atoms with Gasteiger partial charge in [-0.15, -0.1) is 0 Å². The van der Waals surface area contributed by atoms with Crippen LogP contribution in [0.1, 0.15) is 56.3 Å². The first-order valence-electron chi connectivity index (χ1n) is 7.33. The molecule has 2 saturated carbocycles. The van der Waals surface area contributed by atoms with Gasteiger partial charge in [-0.1, -0.05) is 12.8 Å². The average molecular weight is 248 g/mol. The molecule has 0 spiro atoms. The third-order valence-electron chi connectivity index (χ3n) is 4.11. The highest BCUT2D eigenvalue weighted by Crippen LogP contribution is 2.37. The minimum absolute atomic E-state index is 0.271. The van der Waals surface area contributed by atoms with Gasteiger partial charge in [-0.05, 0) is 38.1 Å². The Kier molecular flexibility index (Phi) is 3.66. The molecule has 1 heterocycles. The topological polar surface area (TPSA) is 55.9 Å². The molecular weight excluding hydrogens is 224 g/mol. The zero-order chi connectivity index (χ0) is 12.4. The molecule has 1 atom stereocenters. The summed E-state index contributed by atoms with van der Waals surface area (Å²) < 4.78 is 2.31. The summed E-state index contributed by atoms with van der Waals surface area (Å²) in [7, 11) is 0. The number of aromatic nitrogens is 2. The van der Waals surface area contributed by atoms with Gasteiger partial charge in [0.2, 0.25) is 0 Å². The molecule has 0 bridgehead atoms. The smallest absolute Gasteiger partial charge is 0.0951 e. The number of nitrogens with zero attached hydrogens (tertiary/aromatic N) is 2. The zero-order valence-corrected chi connectivity index (χ0v) is 11.0. The van der Waals surface area contributed by atoms with Crippen molar-refractivity contribution in [1.82, 2.24) is 14.9 Å². The Labute approximate surface area is 109 Å². The minimum atomic E-state index is 0.271. The van der Waals surface area contributed by atoms with Crippen molar-refractivity contribution >= 4 is 0 Å². The van der Waals surface area contributed by atoms with Crippen molar-refractivity contribution < 1.29 is 0 Å². The van der Waals surface area contributed by atoms with E-state index in [9.17, 15) is 0 Å². The van der Waals surface area contributed by atoms with Gasteiger partial charge in [-0.25, -0.2) is 4.98 Å². The second kappa shape index (κ2) is 5.41. The first-order valence-corrected chi connectivity index (χ1v) is 7.33. The standard InChI is InChI=1S/C14H24N4/c15-8-13(17-7-1-2-11-3-4-11)14-9-16-10-18(14)12-5-6-12/h9-13,17H,1-8,15H2. The lowest BCUT2D eigenvalue weighted by molar-refractivity contribution is 0.484. The van der Waals surface area contributed by atoms with Crippen LogP contribution >= 0.6 is 0 Å². The van der Waals surface area contributed by atoms with Gasteiger partial charge in [-0.3, -0.25) is 0 Å². The van der Waals surface area contributed by atoms with Crippen LogP contribution < -0.4 is 11.1 Å². The van der Waals surface area contributed by atoms with Crippen LogP contribution in [0.2, 0.25) is 0 Å². The Bertz CT molecular complexity index is 379. The van der Waals surface area contributed by atoms with Crippen LogP contribution in [0.5, 0.6) is 0 Å². The van der Waals surface area contributed by atoms with Crippen molar-refractivity contribution in [1.29, 1.82) is 0 Å². The monoisotopic (exact) mass is 248 g/mol. The minimum Gasteiger partial charge on any atom is -0.330 e. The first-order chi connectivity index (χ1) is 8.88. The summed E-state index contributed by atoms with van der Waals surface area (Å²) in [6.45, 7) is 1.73. The van der Waals surface area contributed by atoms with Gasteiger partial charge in [-0.2, -0.15) is 0 Å². The van der Waals surface area contributed by atoms with E-state index in [1.54, 1.807) is 0 Å². The van der Waals surface area contributed by atoms with Crippen LogP contribution in [0.3, 0.4) is 0 Å². The highest BCUT2D eigenvalue weighted by Gasteiger charge is 2.27. The molecule has 18 heavy (non-hydrogen) atoms. The van der Waals surface area contributed by atoms with Gasteiger partial charge < -0.3 is 15.6 Å². The Morgan fingerprint density at radius 1 is 1.39 bits per heavy atom. The maximum atomic E-state index is 5.90. The first kappa shape index (κ1) is 12.2. The summed E-state index contributed by atoms with van der Waals surface area (Å²) in [6, 6.07) is 0.956. The molecule has 0 amide bonds. The molecule has 4 heteroatoms. The SMILES string of the molecule is NCC(NCCCC1CC1)c1cncn1C1CC1. The number of hydrogen-bond acceptors (Lipinski definition) is 3. The van der Waals surface area contributed by atoms with Crippen LogP contribution in [-0.4, -0.2) is 22.6 Å². The molecule has 0 aromatic carbocycles. The van der Waals surface area contributed by atoms with Crippen molar-refractivity contribution in [3.8, 4) is 0 Å². The molecule has 1 aromatic heterocycles. The maximum absolute atomic E-state index is 5.90. The predicted molar refractivity (Wildman–Crippen MR) is 72.3 cm³/mol. The largest absolute Gasteiger partial charge is 0.330 e. The van der Waals surface area contributed by atoms with Gasteiger partial charge in [0.05, 0.1) is 18.1 Å². The van der Waals surface area contributed by atoms with E-state index in [1.165, 1.54) is 44.2 Å². The van der Waals surface area contributed by atoms with Gasteiger partial charge in [0.25, 0.3) is 0 Å². The summed E-state index contributed by atoms with van der Waals surface area (Å²) in [5.74, 6) is 1.03. The second-order valence-electron chi connectivity index (χ2n) is 5.78. The zero-order valence-electron chi connectivity index (χ0n) is 11.0. The third-order valence-corrected chi connectivity index (χ3v) is 4.11. The molecule has 1 unspecified atom stereocenters. The molecule has 2 aliphatic carbocycles. The molecule has 0 aliphatic heterocycles. The molecule has 3 N–H and O–H groups in total. The van der Waals surface area contributed by atoms with Gasteiger partial charge in [0.1, 0.15) is 0 Å². The summed E-state index contributed by atoms with van der Waals surface area (Å²) in [4.78, 5) is 4.29. The molecule has 0 saturated heterocycles. The second-order valence-corrected chi connectivity index (χ2v) is 5.78. The van der Waals surface area contributed by atoms with Crippen LogP contribution in [0.4, 0.5) is 0 Å². The van der Waals surface area contributed by atoms with Crippen molar-refractivity contribution in [3.05, 3.63) is 18.2 Å². The Hall–Kier alpha value is -0.870. The van der Waals surface area contributed by atoms with Gasteiger partial charge >= 0.3 is 0 Å². The number of nitrogens with one attached hydrogen (secondary N) is 1. The molecule has 4 nitrogen and oxygen atoms in total. The molecular formula is C14H24N4. The summed E-state index contributed by atoms with van der Waals surface area (Å²) >= 11 is 0. The van der Waals surface area contributed by atoms with Crippen LogP contribution in [-0.2, 0) is 0 Å². The molecule has 3 rings (SSSR count). The van der Waals surface area contributed by atoms with E-state index in [2.05, 4.69) is 14.9 Å². The summed E-state index contributed by atoms with van der Waals surface area (Å²) in [5, 5.41) is 3.59. The number of nitrogens with two attached hydrogens (primary N) is 1. The average Bonchev–Trinajstić information content (AvgIpc) is 3.30. The molecule has 2 aliphatic rings. The predicted octanol–water partition coefficient (Wildman–Crippen LogP) is 2.00. The van der Waals surface area contributed by atoms with E-state index in [4.69, 9.17) is 5.73 Å². The van der Waals surface area contributed by atoms with E-state index in [1.807, 2.05) is 12.5 Å². The Morgan fingerprint density at radius 3 is 2.89 bits per heavy atom. The normalized spacial score (nSPS) is 21.2. The van der Waals surface area contributed by atoms with E-state index in [-0.39, 0.29) is 6.04 Å². The summed E-state index contributed by atoms with van der Waals surface area (Å²) in [6.07, 6.45) is 12.1. The number of imidazole rings is 1. The highest BCUT2D eigenvalue weighted by molar-refractivity contribution is 5.09. The lowest BCUT2D eigenvalue weighted by Gasteiger charge is -2.18. The Morgan fingerprint density at radius 2 is 2.22 bits per heavy atom. The third kappa shape index (κ3) is 2.93. The van der Waals surface area contributed by atoms with Crippen LogP contribution in [0, 0.1) is 5.92 Å². The maximum Gasteiger partial charge on any atom is 0.0951 e.